The molecular formula is C13H16BrN3O. The fourth-order valence-corrected chi connectivity index (χ4v) is 2.32. The van der Waals surface area contributed by atoms with Crippen molar-refractivity contribution in [1.29, 1.82) is 0 Å². The number of nitrogens with one attached hydrogen (secondary N) is 1. The van der Waals surface area contributed by atoms with Gasteiger partial charge in [-0.05, 0) is 40.4 Å². The van der Waals surface area contributed by atoms with E-state index in [0.717, 1.165) is 22.3 Å². The number of hydrogen-bond donors (Lipinski definition) is 2. The lowest BCUT2D eigenvalue weighted by molar-refractivity contribution is 0.628. The summed E-state index contributed by atoms with van der Waals surface area (Å²) in [7, 11) is 0. The average molecular weight is 310 g/mol. The fourth-order valence-electron chi connectivity index (χ4n) is 1.86. The normalized spacial score (nSPS) is 11.1. The maximum atomic E-state index is 12.1. The molecule has 0 spiro atoms. The van der Waals surface area contributed by atoms with Gasteiger partial charge in [0.1, 0.15) is 5.69 Å². The third-order valence-electron chi connectivity index (χ3n) is 2.71. The van der Waals surface area contributed by atoms with Gasteiger partial charge in [-0.15, -0.1) is 0 Å². The van der Waals surface area contributed by atoms with E-state index in [0.29, 0.717) is 11.6 Å². The lowest BCUT2D eigenvalue weighted by Gasteiger charge is -2.05. The molecule has 2 aromatic rings. The molecule has 0 aliphatic rings. The molecule has 5 heteroatoms. The number of benzene rings is 1. The lowest BCUT2D eigenvalue weighted by atomic mass is 10.1. The highest BCUT2D eigenvalue weighted by Gasteiger charge is 2.14. The first-order valence-corrected chi connectivity index (χ1v) is 6.64. The smallest absolute Gasteiger partial charge is 0.294 e. The molecule has 1 heterocycles. The monoisotopic (exact) mass is 309 g/mol. The van der Waals surface area contributed by atoms with E-state index in [1.54, 1.807) is 0 Å². The molecular weight excluding hydrogens is 294 g/mol. The van der Waals surface area contributed by atoms with E-state index < -0.39 is 0 Å². The Balaban J connectivity index is 2.54. The maximum absolute atomic E-state index is 12.1. The van der Waals surface area contributed by atoms with Gasteiger partial charge in [0, 0.05) is 4.47 Å². The summed E-state index contributed by atoms with van der Waals surface area (Å²) < 4.78 is 2.33. The van der Waals surface area contributed by atoms with Crippen LogP contribution >= 0.6 is 15.9 Å². The predicted octanol–water partition coefficient (Wildman–Crippen LogP) is 2.71. The SMILES string of the molecule is CC(C)Cc1[nH]n(-c2ccccc2Br)c(=O)c1N. The van der Waals surface area contributed by atoms with Crippen LogP contribution in [-0.4, -0.2) is 9.78 Å². The molecule has 18 heavy (non-hydrogen) atoms. The zero-order valence-electron chi connectivity index (χ0n) is 10.4. The molecule has 0 fully saturated rings. The number of nitrogen functional groups attached to an aromatic ring is 1. The van der Waals surface area contributed by atoms with Gasteiger partial charge in [-0.1, -0.05) is 26.0 Å². The number of halogens is 1. The van der Waals surface area contributed by atoms with Crippen molar-refractivity contribution in [3.05, 3.63) is 44.8 Å². The molecule has 0 atom stereocenters. The highest BCUT2D eigenvalue weighted by molar-refractivity contribution is 9.10. The molecule has 96 valence electrons. The summed E-state index contributed by atoms with van der Waals surface area (Å²) in [6, 6.07) is 7.53. The van der Waals surface area contributed by atoms with Crippen LogP contribution in [0.2, 0.25) is 0 Å². The molecule has 2 rings (SSSR count). The number of H-pyrrole nitrogens is 1. The highest BCUT2D eigenvalue weighted by Crippen LogP contribution is 2.20. The largest absolute Gasteiger partial charge is 0.393 e. The summed E-state index contributed by atoms with van der Waals surface area (Å²) in [6.07, 6.45) is 0.762. The van der Waals surface area contributed by atoms with Gasteiger partial charge in [-0.25, -0.2) is 4.68 Å². The summed E-state index contributed by atoms with van der Waals surface area (Å²) >= 11 is 3.43. The Bertz CT molecular complexity index is 613. The van der Waals surface area contributed by atoms with E-state index in [2.05, 4.69) is 34.9 Å². The van der Waals surface area contributed by atoms with Crippen LogP contribution in [0.5, 0.6) is 0 Å². The number of nitrogens with two attached hydrogens (primary N) is 1. The Kier molecular flexibility index (Phi) is 3.61. The van der Waals surface area contributed by atoms with Crippen LogP contribution in [0.3, 0.4) is 0 Å². The molecule has 0 unspecified atom stereocenters. The molecule has 0 aliphatic heterocycles. The molecule has 1 aromatic heterocycles. The van der Waals surface area contributed by atoms with Crippen LogP contribution in [0.25, 0.3) is 5.69 Å². The fraction of sp³-hybridized carbons (Fsp3) is 0.308. The summed E-state index contributed by atoms with van der Waals surface area (Å²) in [4.78, 5) is 12.1. The molecule has 0 bridgehead atoms. The van der Waals surface area contributed by atoms with Gasteiger partial charge in [0.25, 0.3) is 5.56 Å². The Morgan fingerprint density at radius 2 is 2.06 bits per heavy atom. The second kappa shape index (κ2) is 5.02. The van der Waals surface area contributed by atoms with Crippen molar-refractivity contribution < 1.29 is 0 Å². The molecule has 0 saturated carbocycles. The van der Waals surface area contributed by atoms with Gasteiger partial charge < -0.3 is 5.73 Å². The van der Waals surface area contributed by atoms with Crippen LogP contribution in [0.1, 0.15) is 19.5 Å². The van der Waals surface area contributed by atoms with Gasteiger partial charge in [0.2, 0.25) is 0 Å². The van der Waals surface area contributed by atoms with Gasteiger partial charge in [0.15, 0.2) is 0 Å². The third-order valence-corrected chi connectivity index (χ3v) is 3.38. The van der Waals surface area contributed by atoms with E-state index in [1.165, 1.54) is 4.68 Å². The zero-order chi connectivity index (χ0) is 13.3. The van der Waals surface area contributed by atoms with E-state index in [4.69, 9.17) is 5.73 Å². The number of aromatic amines is 1. The Hall–Kier alpha value is -1.49. The standard InChI is InChI=1S/C13H16BrN3O/c1-8(2)7-10-12(15)13(18)17(16-10)11-6-4-3-5-9(11)14/h3-6,8,16H,7,15H2,1-2H3. The Labute approximate surface area is 114 Å². The number of rotatable bonds is 3. The molecule has 1 aromatic carbocycles. The second-order valence-electron chi connectivity index (χ2n) is 4.69. The Morgan fingerprint density at radius 1 is 1.39 bits per heavy atom. The number of aromatic nitrogens is 2. The van der Waals surface area contributed by atoms with E-state index in [1.807, 2.05) is 24.3 Å². The minimum Gasteiger partial charge on any atom is -0.393 e. The molecule has 0 saturated heterocycles. The van der Waals surface area contributed by atoms with Gasteiger partial charge in [-0.2, -0.15) is 0 Å². The minimum absolute atomic E-state index is 0.197. The van der Waals surface area contributed by atoms with Crippen molar-refractivity contribution in [3.63, 3.8) is 0 Å². The van der Waals surface area contributed by atoms with Crippen molar-refractivity contribution in [3.8, 4) is 5.69 Å². The van der Waals surface area contributed by atoms with Gasteiger partial charge in [0.05, 0.1) is 11.4 Å². The summed E-state index contributed by atoms with van der Waals surface area (Å²) in [5.74, 6) is 0.443. The van der Waals surface area contributed by atoms with Gasteiger partial charge >= 0.3 is 0 Å². The van der Waals surface area contributed by atoms with Crippen molar-refractivity contribution in [2.45, 2.75) is 20.3 Å². The summed E-state index contributed by atoms with van der Waals surface area (Å²) in [6.45, 7) is 4.18. The predicted molar refractivity (Wildman–Crippen MR) is 77.0 cm³/mol. The number of nitrogens with zero attached hydrogens (tertiary/aromatic N) is 1. The number of hydrogen-bond acceptors (Lipinski definition) is 2. The first kappa shape index (κ1) is 13.0. The van der Waals surface area contributed by atoms with Crippen LogP contribution in [0.4, 0.5) is 5.69 Å². The summed E-state index contributed by atoms with van der Waals surface area (Å²) in [5.41, 5.74) is 7.53. The van der Waals surface area contributed by atoms with Crippen molar-refractivity contribution >= 4 is 21.6 Å². The third kappa shape index (κ3) is 2.36. The first-order valence-electron chi connectivity index (χ1n) is 5.85. The van der Waals surface area contributed by atoms with Crippen LogP contribution in [0.15, 0.2) is 33.5 Å². The zero-order valence-corrected chi connectivity index (χ0v) is 12.0. The lowest BCUT2D eigenvalue weighted by Crippen LogP contribution is -2.16. The van der Waals surface area contributed by atoms with Gasteiger partial charge in [-0.3, -0.25) is 9.89 Å². The molecule has 3 N–H and O–H groups in total. The van der Waals surface area contributed by atoms with Crippen LogP contribution < -0.4 is 11.3 Å². The first-order chi connectivity index (χ1) is 8.50. The quantitative estimate of drug-likeness (QED) is 0.915. The number of anilines is 1. The average Bonchev–Trinajstić information content (AvgIpc) is 2.58. The van der Waals surface area contributed by atoms with Crippen molar-refractivity contribution in [1.82, 2.24) is 9.78 Å². The molecule has 0 aliphatic carbocycles. The van der Waals surface area contributed by atoms with Crippen LogP contribution in [-0.2, 0) is 6.42 Å². The summed E-state index contributed by atoms with van der Waals surface area (Å²) in [5, 5.41) is 3.09. The van der Waals surface area contributed by atoms with Crippen molar-refractivity contribution in [2.24, 2.45) is 5.92 Å². The van der Waals surface area contributed by atoms with E-state index in [-0.39, 0.29) is 5.56 Å². The van der Waals surface area contributed by atoms with Crippen molar-refractivity contribution in [2.75, 3.05) is 5.73 Å². The second-order valence-corrected chi connectivity index (χ2v) is 5.55. The Morgan fingerprint density at radius 3 is 2.67 bits per heavy atom. The minimum atomic E-state index is -0.197. The highest BCUT2D eigenvalue weighted by atomic mass is 79.9. The molecule has 0 radical (unpaired) electrons. The molecule has 4 nitrogen and oxygen atoms in total. The molecule has 0 amide bonds. The van der Waals surface area contributed by atoms with E-state index >= 15 is 0 Å². The topological polar surface area (TPSA) is 63.8 Å². The van der Waals surface area contributed by atoms with E-state index in [9.17, 15) is 4.79 Å². The number of para-hydroxylation sites is 1. The van der Waals surface area contributed by atoms with Crippen LogP contribution in [0, 0.1) is 5.92 Å². The maximum Gasteiger partial charge on any atom is 0.294 e.